The summed E-state index contributed by atoms with van der Waals surface area (Å²) in [4.78, 5) is 2.24. The molecular weight excluding hydrogens is 688 g/mol. The van der Waals surface area contributed by atoms with E-state index in [4.69, 9.17) is 0 Å². The summed E-state index contributed by atoms with van der Waals surface area (Å²) in [6, 6.07) is 19.5. The zero-order valence-electron chi connectivity index (χ0n) is 25.8. The normalized spacial score (nSPS) is 12.6. The molecule has 50 heavy (non-hydrogen) atoms. The van der Waals surface area contributed by atoms with Crippen molar-refractivity contribution in [3.05, 3.63) is 143 Å². The monoisotopic (exact) mass is 712 g/mol. The number of anilines is 6. The third-order valence-corrected chi connectivity index (χ3v) is 7.61. The van der Waals surface area contributed by atoms with Gasteiger partial charge < -0.3 is 9.80 Å². The van der Waals surface area contributed by atoms with Crippen molar-refractivity contribution in [3.63, 3.8) is 0 Å². The average Bonchev–Trinajstić information content (AvgIpc) is 3.02. The number of rotatable bonds is 6. The molecule has 0 aliphatic heterocycles. The van der Waals surface area contributed by atoms with Crippen LogP contribution in [0.25, 0.3) is 0 Å². The minimum absolute atomic E-state index is 0.0103. The molecule has 0 saturated carbocycles. The smallest absolute Gasteiger partial charge is 0.310 e. The van der Waals surface area contributed by atoms with Gasteiger partial charge >= 0.3 is 24.7 Å². The Bertz CT molecular complexity index is 1750. The Balaban J connectivity index is 1.72. The van der Waals surface area contributed by atoms with E-state index in [0.29, 0.717) is 24.3 Å². The number of alkyl halides is 12. The van der Waals surface area contributed by atoms with Crippen molar-refractivity contribution >= 4 is 34.1 Å². The first-order valence-electron chi connectivity index (χ1n) is 14.5. The molecule has 0 fully saturated rings. The van der Waals surface area contributed by atoms with Crippen LogP contribution in [0, 0.1) is 13.8 Å². The van der Waals surface area contributed by atoms with Gasteiger partial charge in [0.25, 0.3) is 0 Å². The third kappa shape index (κ3) is 8.01. The van der Waals surface area contributed by atoms with Gasteiger partial charge in [-0.1, -0.05) is 35.4 Å². The van der Waals surface area contributed by atoms with Gasteiger partial charge in [0.15, 0.2) is 0 Å². The Kier molecular flexibility index (Phi) is 9.37. The lowest BCUT2D eigenvalue weighted by Gasteiger charge is -2.30. The molecule has 5 rings (SSSR count). The largest absolute Gasteiger partial charge is 0.416 e. The number of aryl methyl sites for hydroxylation is 2. The number of nitrogens with zero attached hydrogens (tertiary/aromatic N) is 2. The second-order valence-electron chi connectivity index (χ2n) is 11.4. The fourth-order valence-electron chi connectivity index (χ4n) is 5.17. The maximum absolute atomic E-state index is 13.8. The predicted molar refractivity (Wildman–Crippen MR) is 165 cm³/mol. The highest BCUT2D eigenvalue weighted by Gasteiger charge is 2.39. The number of halogens is 12. The van der Waals surface area contributed by atoms with Gasteiger partial charge in [-0.25, -0.2) is 0 Å². The molecule has 0 N–H and O–H groups in total. The van der Waals surface area contributed by atoms with E-state index < -0.39 is 58.3 Å². The molecule has 0 radical (unpaired) electrons. The van der Waals surface area contributed by atoms with E-state index in [1.165, 1.54) is 48.5 Å². The maximum Gasteiger partial charge on any atom is 0.416 e. The molecule has 14 heteroatoms. The van der Waals surface area contributed by atoms with Crippen molar-refractivity contribution in [2.24, 2.45) is 0 Å². The van der Waals surface area contributed by atoms with Crippen LogP contribution in [0.3, 0.4) is 0 Å². The molecule has 0 aliphatic carbocycles. The van der Waals surface area contributed by atoms with E-state index >= 15 is 0 Å². The Morgan fingerprint density at radius 1 is 0.300 bits per heavy atom. The fourth-order valence-corrected chi connectivity index (χ4v) is 5.17. The summed E-state index contributed by atoms with van der Waals surface area (Å²) < 4.78 is 166. The second kappa shape index (κ2) is 13.0. The number of hydrogen-bond donors (Lipinski definition) is 0. The summed E-state index contributed by atoms with van der Waals surface area (Å²) in [6.07, 6.45) is -20.6. The summed E-state index contributed by atoms with van der Waals surface area (Å²) in [7, 11) is 0. The third-order valence-electron chi connectivity index (χ3n) is 7.61. The molecule has 0 aliphatic rings. The molecule has 0 unspecified atom stereocenters. The van der Waals surface area contributed by atoms with E-state index in [1.54, 1.807) is 38.1 Å². The van der Waals surface area contributed by atoms with Crippen LogP contribution in [0.2, 0.25) is 0 Å². The van der Waals surface area contributed by atoms with Crippen LogP contribution in [0.15, 0.2) is 109 Å². The summed E-state index contributed by atoms with van der Waals surface area (Å²) in [5, 5.41) is 0. The zero-order valence-corrected chi connectivity index (χ0v) is 25.8. The lowest BCUT2D eigenvalue weighted by Crippen LogP contribution is -2.17. The second-order valence-corrected chi connectivity index (χ2v) is 11.4. The van der Waals surface area contributed by atoms with Crippen LogP contribution >= 0.6 is 0 Å². The molecule has 0 saturated heterocycles. The molecule has 0 bridgehead atoms. The highest BCUT2D eigenvalue weighted by Crippen LogP contribution is 2.45. The highest BCUT2D eigenvalue weighted by atomic mass is 19.4. The van der Waals surface area contributed by atoms with Crippen LogP contribution in [0.1, 0.15) is 33.4 Å². The van der Waals surface area contributed by atoms with E-state index in [1.807, 2.05) is 0 Å². The van der Waals surface area contributed by atoms with E-state index in [-0.39, 0.29) is 34.9 Å². The molecule has 5 aromatic carbocycles. The summed E-state index contributed by atoms with van der Waals surface area (Å²) in [5.41, 5.74) is -5.40. The van der Waals surface area contributed by atoms with Crippen LogP contribution in [-0.4, -0.2) is 0 Å². The van der Waals surface area contributed by atoms with Gasteiger partial charge in [0, 0.05) is 34.1 Å². The molecule has 0 aromatic heterocycles. The SMILES string of the molecule is Cc1ccc(N(c2ccc(N(c3ccc(C)cc3)c3cc(C(F)(F)F)cc(C(F)(F)F)c3)cc2)c2cc(C(F)(F)F)cc(C(F)(F)F)c2)cc1. The van der Waals surface area contributed by atoms with Gasteiger partial charge in [-0.05, 0) is 98.8 Å². The van der Waals surface area contributed by atoms with Crippen molar-refractivity contribution < 1.29 is 52.7 Å². The Labute approximate surface area is 277 Å². The average molecular weight is 713 g/mol. The van der Waals surface area contributed by atoms with E-state index in [2.05, 4.69) is 0 Å². The first-order chi connectivity index (χ1) is 23.1. The lowest BCUT2D eigenvalue weighted by molar-refractivity contribution is -0.144. The van der Waals surface area contributed by atoms with Crippen molar-refractivity contribution in [2.75, 3.05) is 9.80 Å². The summed E-state index contributed by atoms with van der Waals surface area (Å²) >= 11 is 0. The first-order valence-corrected chi connectivity index (χ1v) is 14.5. The van der Waals surface area contributed by atoms with Crippen LogP contribution < -0.4 is 9.80 Å². The van der Waals surface area contributed by atoms with Gasteiger partial charge in [-0.2, -0.15) is 52.7 Å². The van der Waals surface area contributed by atoms with Gasteiger partial charge in [0.1, 0.15) is 0 Å². The molecule has 2 nitrogen and oxygen atoms in total. The van der Waals surface area contributed by atoms with Crippen molar-refractivity contribution in [3.8, 4) is 0 Å². The summed E-state index contributed by atoms with van der Waals surface area (Å²) in [5.74, 6) is 0. The topological polar surface area (TPSA) is 6.48 Å². The molecular formula is C36H24F12N2. The minimum Gasteiger partial charge on any atom is -0.310 e. The Hall–Kier alpha value is -5.14. The Morgan fingerprint density at radius 2 is 0.500 bits per heavy atom. The fraction of sp³-hybridized carbons (Fsp3) is 0.167. The van der Waals surface area contributed by atoms with E-state index in [0.717, 1.165) is 20.9 Å². The molecule has 0 amide bonds. The minimum atomic E-state index is -5.15. The van der Waals surface area contributed by atoms with Crippen LogP contribution in [-0.2, 0) is 24.7 Å². The van der Waals surface area contributed by atoms with Crippen LogP contribution in [0.4, 0.5) is 86.8 Å². The lowest BCUT2D eigenvalue weighted by atomic mass is 10.0. The number of hydrogen-bond acceptors (Lipinski definition) is 2. The van der Waals surface area contributed by atoms with Gasteiger partial charge in [-0.3, -0.25) is 0 Å². The van der Waals surface area contributed by atoms with Gasteiger partial charge in [-0.15, -0.1) is 0 Å². The van der Waals surface area contributed by atoms with Crippen molar-refractivity contribution in [1.29, 1.82) is 0 Å². The van der Waals surface area contributed by atoms with Crippen LogP contribution in [0.5, 0.6) is 0 Å². The highest BCUT2D eigenvalue weighted by molar-refractivity contribution is 5.82. The zero-order chi connectivity index (χ0) is 36.8. The molecule has 262 valence electrons. The van der Waals surface area contributed by atoms with Crippen molar-refractivity contribution in [1.82, 2.24) is 0 Å². The van der Waals surface area contributed by atoms with Crippen molar-refractivity contribution in [2.45, 2.75) is 38.6 Å². The molecule has 0 atom stereocenters. The molecule has 0 heterocycles. The predicted octanol–water partition coefficient (Wildman–Crippen LogP) is 13.3. The maximum atomic E-state index is 13.8. The quantitative estimate of drug-likeness (QED) is 0.162. The van der Waals surface area contributed by atoms with Gasteiger partial charge in [0.2, 0.25) is 0 Å². The molecule has 5 aromatic rings. The standard InChI is InChI=1S/C36H24F12N2/c1-21-3-7-27(8-4-21)49(31-17-23(33(37,38)39)15-24(18-31)34(40,41)42)29-11-13-30(14-12-29)50(28-9-5-22(2)6-10-28)32-19-25(35(43,44)45)16-26(20-32)36(46,47)48/h3-20H,1-2H3. The summed E-state index contributed by atoms with van der Waals surface area (Å²) in [6.45, 7) is 3.43. The van der Waals surface area contributed by atoms with E-state index in [9.17, 15) is 52.7 Å². The first kappa shape index (κ1) is 36.1. The Morgan fingerprint density at radius 3 is 0.700 bits per heavy atom. The number of benzene rings is 5. The van der Waals surface area contributed by atoms with Gasteiger partial charge in [0.05, 0.1) is 22.3 Å². The molecule has 0 spiro atoms.